The van der Waals surface area contributed by atoms with Crippen molar-refractivity contribution in [3.8, 4) is 0 Å². The summed E-state index contributed by atoms with van der Waals surface area (Å²) in [7, 11) is 0. The summed E-state index contributed by atoms with van der Waals surface area (Å²) in [5.74, 6) is -1.46. The molecule has 0 aromatic heterocycles. The van der Waals surface area contributed by atoms with Gasteiger partial charge in [-0.25, -0.2) is 4.79 Å². The summed E-state index contributed by atoms with van der Waals surface area (Å²) in [6, 6.07) is -0.981. The molecule has 6 nitrogen and oxygen atoms in total. The van der Waals surface area contributed by atoms with E-state index in [1.807, 2.05) is 0 Å². The molecule has 1 aliphatic heterocycles. The Kier molecular flexibility index (Phi) is 6.08. The van der Waals surface area contributed by atoms with Gasteiger partial charge < -0.3 is 14.7 Å². The third kappa shape index (κ3) is 4.38. The van der Waals surface area contributed by atoms with E-state index in [0.29, 0.717) is 12.4 Å². The minimum atomic E-state index is -1.10. The highest BCUT2D eigenvalue weighted by Gasteiger charge is 2.37. The molecule has 1 saturated heterocycles. The number of rotatable bonds is 7. The Morgan fingerprint density at radius 2 is 2.26 bits per heavy atom. The van der Waals surface area contributed by atoms with Gasteiger partial charge in [-0.15, -0.1) is 11.6 Å². The van der Waals surface area contributed by atoms with Crippen LogP contribution < -0.4 is 0 Å². The van der Waals surface area contributed by atoms with Gasteiger partial charge in [0.2, 0.25) is 5.91 Å². The lowest BCUT2D eigenvalue weighted by Crippen LogP contribution is -2.42. The highest BCUT2D eigenvalue weighted by molar-refractivity contribution is 6.18. The molecule has 1 amide bonds. The molecule has 1 heterocycles. The molecule has 0 saturated carbocycles. The van der Waals surface area contributed by atoms with Crippen LogP contribution >= 0.6 is 11.6 Å². The Balaban J connectivity index is 2.60. The third-order valence-electron chi connectivity index (χ3n) is 3.05. The standard InChI is InChI=1S/C12H18ClNO5/c1-2-19-11(16)4-3-9(12(17)18)14-7-8(6-13)5-10(14)15/h8-9H,2-7H2,1H3,(H,17,18)/t8?,9-/m0/s1. The van der Waals surface area contributed by atoms with Crippen molar-refractivity contribution in [2.24, 2.45) is 5.92 Å². The van der Waals surface area contributed by atoms with Crippen LogP contribution in [0.15, 0.2) is 0 Å². The summed E-state index contributed by atoms with van der Waals surface area (Å²) < 4.78 is 4.75. The van der Waals surface area contributed by atoms with E-state index in [-0.39, 0.29) is 37.7 Å². The number of carbonyl (C=O) groups is 3. The molecule has 2 atom stereocenters. The number of nitrogens with zero attached hydrogens (tertiary/aromatic N) is 1. The van der Waals surface area contributed by atoms with Crippen LogP contribution in [-0.2, 0) is 19.1 Å². The van der Waals surface area contributed by atoms with Gasteiger partial charge in [0.25, 0.3) is 0 Å². The molecule has 7 heteroatoms. The molecule has 0 radical (unpaired) electrons. The topological polar surface area (TPSA) is 83.9 Å². The predicted molar refractivity (Wildman–Crippen MR) is 67.8 cm³/mol. The van der Waals surface area contributed by atoms with Gasteiger partial charge in [-0.05, 0) is 19.3 Å². The Morgan fingerprint density at radius 1 is 1.58 bits per heavy atom. The molecule has 108 valence electrons. The molecule has 19 heavy (non-hydrogen) atoms. The maximum atomic E-state index is 11.7. The summed E-state index contributed by atoms with van der Waals surface area (Å²) in [4.78, 5) is 35.5. The zero-order valence-corrected chi connectivity index (χ0v) is 11.6. The van der Waals surface area contributed by atoms with Crippen LogP contribution in [0, 0.1) is 5.92 Å². The van der Waals surface area contributed by atoms with Crippen molar-refractivity contribution in [1.29, 1.82) is 0 Å². The first-order valence-electron chi connectivity index (χ1n) is 6.23. The van der Waals surface area contributed by atoms with Crippen molar-refractivity contribution in [3.05, 3.63) is 0 Å². The van der Waals surface area contributed by atoms with Crippen LogP contribution in [0.1, 0.15) is 26.2 Å². The number of carboxylic acids is 1. The lowest BCUT2D eigenvalue weighted by molar-refractivity contribution is -0.150. The minimum Gasteiger partial charge on any atom is -0.480 e. The average Bonchev–Trinajstić information content (AvgIpc) is 2.71. The number of esters is 1. The predicted octanol–water partition coefficient (Wildman–Crippen LogP) is 0.870. The molecule has 0 aromatic carbocycles. The van der Waals surface area contributed by atoms with E-state index in [1.54, 1.807) is 6.92 Å². The fraction of sp³-hybridized carbons (Fsp3) is 0.750. The number of ether oxygens (including phenoxy) is 1. The smallest absolute Gasteiger partial charge is 0.326 e. The molecular formula is C12H18ClNO5. The molecule has 1 N–H and O–H groups in total. The number of amides is 1. The van der Waals surface area contributed by atoms with E-state index in [4.69, 9.17) is 16.3 Å². The van der Waals surface area contributed by atoms with Crippen molar-refractivity contribution >= 4 is 29.4 Å². The lowest BCUT2D eigenvalue weighted by Gasteiger charge is -2.24. The Labute approximate surface area is 116 Å². The van der Waals surface area contributed by atoms with Crippen molar-refractivity contribution in [2.75, 3.05) is 19.0 Å². The number of hydrogen-bond acceptors (Lipinski definition) is 4. The van der Waals surface area contributed by atoms with Crippen molar-refractivity contribution in [1.82, 2.24) is 4.90 Å². The van der Waals surface area contributed by atoms with Gasteiger partial charge in [-0.1, -0.05) is 0 Å². The second kappa shape index (κ2) is 7.33. The summed E-state index contributed by atoms with van der Waals surface area (Å²) >= 11 is 5.69. The van der Waals surface area contributed by atoms with Gasteiger partial charge in [0.1, 0.15) is 6.04 Å². The lowest BCUT2D eigenvalue weighted by atomic mass is 10.1. The van der Waals surface area contributed by atoms with E-state index < -0.39 is 18.0 Å². The number of likely N-dealkylation sites (tertiary alicyclic amines) is 1. The van der Waals surface area contributed by atoms with Gasteiger partial charge in [-0.3, -0.25) is 9.59 Å². The molecule has 0 bridgehead atoms. The number of halogens is 1. The average molecular weight is 292 g/mol. The number of carbonyl (C=O) groups excluding carboxylic acids is 2. The molecule has 0 aliphatic carbocycles. The summed E-state index contributed by atoms with van der Waals surface area (Å²) in [5, 5.41) is 9.17. The van der Waals surface area contributed by atoms with Crippen LogP contribution in [0.4, 0.5) is 0 Å². The number of carboxylic acid groups (broad SMARTS) is 1. The van der Waals surface area contributed by atoms with Gasteiger partial charge >= 0.3 is 11.9 Å². The normalized spacial score (nSPS) is 20.4. The first-order valence-corrected chi connectivity index (χ1v) is 6.76. The zero-order chi connectivity index (χ0) is 14.4. The summed E-state index contributed by atoms with van der Waals surface area (Å²) in [5.41, 5.74) is 0. The SMILES string of the molecule is CCOC(=O)CC[C@@H](C(=O)O)N1CC(CCl)CC1=O. The van der Waals surface area contributed by atoms with E-state index in [0.717, 1.165) is 0 Å². The summed E-state index contributed by atoms with van der Waals surface area (Å²) in [6.45, 7) is 2.28. The molecule has 1 unspecified atom stereocenters. The maximum Gasteiger partial charge on any atom is 0.326 e. The Morgan fingerprint density at radius 3 is 2.74 bits per heavy atom. The van der Waals surface area contributed by atoms with Crippen molar-refractivity contribution in [2.45, 2.75) is 32.2 Å². The van der Waals surface area contributed by atoms with Gasteiger partial charge in [0, 0.05) is 25.3 Å². The van der Waals surface area contributed by atoms with Crippen LogP contribution in [0.2, 0.25) is 0 Å². The molecule has 1 fully saturated rings. The second-order valence-electron chi connectivity index (χ2n) is 4.47. The maximum absolute atomic E-state index is 11.7. The van der Waals surface area contributed by atoms with Crippen LogP contribution in [0.25, 0.3) is 0 Å². The van der Waals surface area contributed by atoms with Gasteiger partial charge in [0.15, 0.2) is 0 Å². The first kappa shape index (κ1) is 15.8. The van der Waals surface area contributed by atoms with E-state index in [2.05, 4.69) is 0 Å². The van der Waals surface area contributed by atoms with Crippen LogP contribution in [0.3, 0.4) is 0 Å². The number of hydrogen-bond donors (Lipinski definition) is 1. The third-order valence-corrected chi connectivity index (χ3v) is 3.48. The van der Waals surface area contributed by atoms with Gasteiger partial charge in [0.05, 0.1) is 6.61 Å². The van der Waals surface area contributed by atoms with Crippen LogP contribution in [-0.4, -0.2) is 52.9 Å². The molecule has 0 aromatic rings. The first-order chi connectivity index (χ1) is 8.99. The highest BCUT2D eigenvalue weighted by Crippen LogP contribution is 2.23. The highest BCUT2D eigenvalue weighted by atomic mass is 35.5. The largest absolute Gasteiger partial charge is 0.480 e. The zero-order valence-electron chi connectivity index (χ0n) is 10.8. The molecule has 0 spiro atoms. The Hall–Kier alpha value is -1.30. The monoisotopic (exact) mass is 291 g/mol. The second-order valence-corrected chi connectivity index (χ2v) is 4.78. The van der Waals surface area contributed by atoms with Crippen molar-refractivity contribution in [3.63, 3.8) is 0 Å². The van der Waals surface area contributed by atoms with E-state index in [9.17, 15) is 19.5 Å². The minimum absolute atomic E-state index is 0.0138. The fourth-order valence-corrected chi connectivity index (χ4v) is 2.32. The molecular weight excluding hydrogens is 274 g/mol. The quantitative estimate of drug-likeness (QED) is 0.556. The van der Waals surface area contributed by atoms with E-state index >= 15 is 0 Å². The number of alkyl halides is 1. The molecule has 1 aliphatic rings. The molecule has 1 rings (SSSR count). The van der Waals surface area contributed by atoms with Crippen LogP contribution in [0.5, 0.6) is 0 Å². The fourth-order valence-electron chi connectivity index (χ4n) is 2.11. The van der Waals surface area contributed by atoms with Crippen molar-refractivity contribution < 1.29 is 24.2 Å². The van der Waals surface area contributed by atoms with Gasteiger partial charge in [-0.2, -0.15) is 0 Å². The van der Waals surface area contributed by atoms with E-state index in [1.165, 1.54) is 4.90 Å². The summed E-state index contributed by atoms with van der Waals surface area (Å²) in [6.07, 6.45) is 0.321. The Bertz CT molecular complexity index is 360. The number of aliphatic carboxylic acids is 1.